The number of benzene rings is 2. The first-order valence-corrected chi connectivity index (χ1v) is 12.3. The standard InChI is InChI=1S/C28H29N5O7/c1-4-13-32(15-18-5-11-23-21(14-18)25(35)31-17(3)30-23)20-8-6-19(7-9-20)26(36)33(16(2)27(37)38)24(34)12-10-22(29)28(39)40/h1,5-9,11,14,16,22H,10,12-13,15,29H2,2-3H3,(H,37,38)(H,39,40)(H,30,31,35)/t16-,22+/m1/s1. The van der Waals surface area contributed by atoms with Gasteiger partial charge in [-0.1, -0.05) is 12.0 Å². The Hall–Kier alpha value is -5.02. The van der Waals surface area contributed by atoms with Gasteiger partial charge in [-0.05, 0) is 62.2 Å². The summed E-state index contributed by atoms with van der Waals surface area (Å²) in [6, 6.07) is 8.60. The first kappa shape index (κ1) is 29.5. The van der Waals surface area contributed by atoms with Crippen molar-refractivity contribution in [3.63, 3.8) is 0 Å². The molecule has 0 unspecified atom stereocenters. The summed E-state index contributed by atoms with van der Waals surface area (Å²) in [6.45, 7) is 3.43. The van der Waals surface area contributed by atoms with E-state index in [1.54, 1.807) is 31.2 Å². The number of nitrogens with zero attached hydrogens (tertiary/aromatic N) is 3. The van der Waals surface area contributed by atoms with Gasteiger partial charge in [-0.25, -0.2) is 9.78 Å². The quantitative estimate of drug-likeness (QED) is 0.256. The zero-order valence-electron chi connectivity index (χ0n) is 22.0. The summed E-state index contributed by atoms with van der Waals surface area (Å²) < 4.78 is 0. The number of aromatic nitrogens is 2. The van der Waals surface area contributed by atoms with Crippen molar-refractivity contribution in [2.24, 2.45) is 5.73 Å². The number of aromatic amines is 1. The number of hydrogen-bond acceptors (Lipinski definition) is 8. The van der Waals surface area contributed by atoms with Crippen LogP contribution in [-0.4, -0.2) is 67.5 Å². The molecule has 0 saturated heterocycles. The summed E-state index contributed by atoms with van der Waals surface area (Å²) in [7, 11) is 0. The Labute approximate surface area is 229 Å². The molecule has 12 heteroatoms. The Morgan fingerprint density at radius 3 is 2.38 bits per heavy atom. The number of nitrogens with one attached hydrogen (secondary N) is 1. The summed E-state index contributed by atoms with van der Waals surface area (Å²) >= 11 is 0. The topological polar surface area (TPSA) is 187 Å². The molecule has 0 aliphatic carbocycles. The van der Waals surface area contributed by atoms with Crippen molar-refractivity contribution in [1.82, 2.24) is 14.9 Å². The van der Waals surface area contributed by atoms with E-state index in [-0.39, 0.29) is 24.1 Å². The molecule has 0 radical (unpaired) electrons. The van der Waals surface area contributed by atoms with Gasteiger partial charge in [0.2, 0.25) is 5.91 Å². The lowest BCUT2D eigenvalue weighted by atomic mass is 10.1. The highest BCUT2D eigenvalue weighted by Gasteiger charge is 2.32. The summed E-state index contributed by atoms with van der Waals surface area (Å²) in [5.74, 6) is -1.33. The fourth-order valence-electron chi connectivity index (χ4n) is 4.06. The van der Waals surface area contributed by atoms with E-state index < -0.39 is 42.3 Å². The van der Waals surface area contributed by atoms with Gasteiger partial charge in [-0.3, -0.25) is 24.1 Å². The van der Waals surface area contributed by atoms with Crippen molar-refractivity contribution < 1.29 is 29.4 Å². The van der Waals surface area contributed by atoms with Gasteiger partial charge in [0.25, 0.3) is 11.5 Å². The summed E-state index contributed by atoms with van der Waals surface area (Å²) in [6.07, 6.45) is 4.89. The molecule has 2 aromatic carbocycles. The van der Waals surface area contributed by atoms with Crippen molar-refractivity contribution in [2.45, 2.75) is 45.3 Å². The van der Waals surface area contributed by atoms with Crippen molar-refractivity contribution in [3.05, 3.63) is 69.8 Å². The average Bonchev–Trinajstić information content (AvgIpc) is 2.91. The van der Waals surface area contributed by atoms with Crippen LogP contribution < -0.4 is 16.2 Å². The van der Waals surface area contributed by atoms with Crippen molar-refractivity contribution in [1.29, 1.82) is 0 Å². The SMILES string of the molecule is C#CCN(Cc1ccc2nc(C)[nH]c(=O)c2c1)c1ccc(C(=O)N(C(=O)CC[C@H](N)C(=O)O)[C@H](C)C(=O)O)cc1. The molecule has 2 atom stereocenters. The Morgan fingerprint density at radius 1 is 1.10 bits per heavy atom. The Bertz CT molecular complexity index is 1540. The normalized spacial score (nSPS) is 12.2. The third kappa shape index (κ3) is 6.89. The van der Waals surface area contributed by atoms with Crippen LogP contribution in [0.5, 0.6) is 0 Å². The molecular weight excluding hydrogens is 518 g/mol. The monoisotopic (exact) mass is 547 g/mol. The summed E-state index contributed by atoms with van der Waals surface area (Å²) in [5.41, 5.74) is 7.24. The largest absolute Gasteiger partial charge is 0.480 e. The van der Waals surface area contributed by atoms with Gasteiger partial charge in [0, 0.05) is 24.2 Å². The molecule has 0 aliphatic rings. The minimum absolute atomic E-state index is 0.0482. The molecule has 0 bridgehead atoms. The van der Waals surface area contributed by atoms with E-state index in [4.69, 9.17) is 17.3 Å². The van der Waals surface area contributed by atoms with Crippen LogP contribution in [0.3, 0.4) is 0 Å². The second-order valence-corrected chi connectivity index (χ2v) is 9.18. The van der Waals surface area contributed by atoms with Gasteiger partial charge in [0.05, 0.1) is 17.4 Å². The number of amides is 2. The maximum atomic E-state index is 13.2. The molecule has 12 nitrogen and oxygen atoms in total. The van der Waals surface area contributed by atoms with E-state index in [2.05, 4.69) is 15.9 Å². The predicted molar refractivity (Wildman–Crippen MR) is 147 cm³/mol. The molecule has 5 N–H and O–H groups in total. The Balaban J connectivity index is 1.84. The molecule has 208 valence electrons. The van der Waals surface area contributed by atoms with Crippen LogP contribution in [-0.2, 0) is 20.9 Å². The van der Waals surface area contributed by atoms with Crippen LogP contribution in [0.1, 0.15) is 41.5 Å². The number of rotatable bonds is 11. The van der Waals surface area contributed by atoms with Crippen LogP contribution in [0.15, 0.2) is 47.3 Å². The molecule has 3 aromatic rings. The molecule has 2 amide bonds. The van der Waals surface area contributed by atoms with Gasteiger partial charge < -0.3 is 25.8 Å². The number of imide groups is 1. The highest BCUT2D eigenvalue weighted by atomic mass is 16.4. The molecular formula is C28H29N5O7. The molecule has 0 spiro atoms. The first-order chi connectivity index (χ1) is 18.9. The fraction of sp³-hybridized carbons (Fsp3) is 0.286. The van der Waals surface area contributed by atoms with Crippen LogP contribution in [0.4, 0.5) is 5.69 Å². The number of carbonyl (C=O) groups excluding carboxylic acids is 2. The number of H-pyrrole nitrogens is 1. The highest BCUT2D eigenvalue weighted by Crippen LogP contribution is 2.21. The Kier molecular flexibility index (Phi) is 9.37. The number of carboxylic acids is 2. The van der Waals surface area contributed by atoms with Crippen LogP contribution in [0.2, 0.25) is 0 Å². The fourth-order valence-corrected chi connectivity index (χ4v) is 4.06. The number of anilines is 1. The molecule has 0 fully saturated rings. The van der Waals surface area contributed by atoms with E-state index in [1.807, 2.05) is 11.0 Å². The number of carbonyl (C=O) groups is 4. The number of fused-ring (bicyclic) bond motifs is 1. The second kappa shape index (κ2) is 12.7. The zero-order valence-corrected chi connectivity index (χ0v) is 22.0. The van der Waals surface area contributed by atoms with Crippen molar-refractivity contribution in [2.75, 3.05) is 11.4 Å². The second-order valence-electron chi connectivity index (χ2n) is 9.18. The van der Waals surface area contributed by atoms with Crippen molar-refractivity contribution >= 4 is 40.3 Å². The smallest absolute Gasteiger partial charge is 0.326 e. The molecule has 0 saturated carbocycles. The van der Waals surface area contributed by atoms with E-state index in [9.17, 15) is 29.1 Å². The lowest BCUT2D eigenvalue weighted by Gasteiger charge is -2.26. The number of hydrogen-bond donors (Lipinski definition) is 4. The van der Waals surface area contributed by atoms with Crippen LogP contribution >= 0.6 is 0 Å². The third-order valence-electron chi connectivity index (χ3n) is 6.24. The maximum absolute atomic E-state index is 13.2. The van der Waals surface area contributed by atoms with Gasteiger partial charge in [0.15, 0.2) is 0 Å². The third-order valence-corrected chi connectivity index (χ3v) is 6.24. The number of nitrogens with two attached hydrogens (primary N) is 1. The Morgan fingerprint density at radius 2 is 1.77 bits per heavy atom. The summed E-state index contributed by atoms with van der Waals surface area (Å²) in [4.78, 5) is 70.3. The van der Waals surface area contributed by atoms with Gasteiger partial charge in [-0.2, -0.15) is 0 Å². The minimum Gasteiger partial charge on any atom is -0.480 e. The molecule has 1 aromatic heterocycles. The zero-order chi connectivity index (χ0) is 29.6. The summed E-state index contributed by atoms with van der Waals surface area (Å²) in [5, 5.41) is 18.8. The van der Waals surface area contributed by atoms with Gasteiger partial charge in [0.1, 0.15) is 17.9 Å². The van der Waals surface area contributed by atoms with E-state index in [0.717, 1.165) is 5.56 Å². The van der Waals surface area contributed by atoms with Crippen LogP contribution in [0, 0.1) is 19.3 Å². The van der Waals surface area contributed by atoms with Gasteiger partial charge in [-0.15, -0.1) is 6.42 Å². The highest BCUT2D eigenvalue weighted by molar-refractivity contribution is 6.07. The molecule has 1 heterocycles. The van der Waals surface area contributed by atoms with E-state index >= 15 is 0 Å². The molecule has 3 rings (SSSR count). The lowest BCUT2D eigenvalue weighted by molar-refractivity contribution is -0.147. The minimum atomic E-state index is -1.49. The number of aryl methyl sites for hydroxylation is 1. The number of carboxylic acid groups (broad SMARTS) is 2. The number of terminal acetylenes is 1. The maximum Gasteiger partial charge on any atom is 0.326 e. The first-order valence-electron chi connectivity index (χ1n) is 12.3. The van der Waals surface area contributed by atoms with E-state index in [0.29, 0.717) is 33.9 Å². The van der Waals surface area contributed by atoms with Gasteiger partial charge >= 0.3 is 11.9 Å². The lowest BCUT2D eigenvalue weighted by Crippen LogP contribution is -2.47. The molecule has 0 aliphatic heterocycles. The molecule has 40 heavy (non-hydrogen) atoms. The number of aliphatic carboxylic acids is 2. The van der Waals surface area contributed by atoms with E-state index in [1.165, 1.54) is 19.1 Å². The predicted octanol–water partition coefficient (Wildman–Crippen LogP) is 1.51. The van der Waals surface area contributed by atoms with Crippen LogP contribution in [0.25, 0.3) is 10.9 Å². The average molecular weight is 548 g/mol. The van der Waals surface area contributed by atoms with Crippen molar-refractivity contribution in [3.8, 4) is 12.3 Å².